The molecule has 1 aliphatic heterocycles. The van der Waals surface area contributed by atoms with Crippen LogP contribution in [-0.4, -0.2) is 28.7 Å². The van der Waals surface area contributed by atoms with Crippen LogP contribution in [-0.2, 0) is 6.54 Å². The summed E-state index contributed by atoms with van der Waals surface area (Å²) in [5.41, 5.74) is 6.06. The molecule has 130 valence electrons. The van der Waals surface area contributed by atoms with E-state index in [1.54, 1.807) is 0 Å². The van der Waals surface area contributed by atoms with Gasteiger partial charge in [-0.2, -0.15) is 4.39 Å². The molecule has 1 atom stereocenters. The van der Waals surface area contributed by atoms with Gasteiger partial charge in [-0.1, -0.05) is 12.0 Å². The topological polar surface area (TPSA) is 64.2 Å². The quantitative estimate of drug-likeness (QED) is 0.857. The first-order valence-electron chi connectivity index (χ1n) is 8.00. The second-order valence-electron chi connectivity index (χ2n) is 6.09. The van der Waals surface area contributed by atoms with E-state index in [1.807, 2.05) is 4.90 Å². The van der Waals surface area contributed by atoms with E-state index < -0.39 is 17.2 Å². The highest BCUT2D eigenvalue weighted by Crippen LogP contribution is 2.19. The summed E-state index contributed by atoms with van der Waals surface area (Å²) in [7, 11) is 0. The van der Waals surface area contributed by atoms with E-state index in [9.17, 15) is 13.6 Å². The van der Waals surface area contributed by atoms with Gasteiger partial charge in [0.25, 0.3) is 5.56 Å². The Labute approximate surface area is 144 Å². The third-order valence-corrected chi connectivity index (χ3v) is 4.28. The van der Waals surface area contributed by atoms with E-state index >= 15 is 0 Å². The van der Waals surface area contributed by atoms with Gasteiger partial charge in [-0.25, -0.2) is 9.37 Å². The van der Waals surface area contributed by atoms with Crippen molar-refractivity contribution in [1.29, 1.82) is 0 Å². The molecule has 2 aromatic rings. The molecule has 25 heavy (non-hydrogen) atoms. The molecule has 0 amide bonds. The molecule has 0 unspecified atom stereocenters. The summed E-state index contributed by atoms with van der Waals surface area (Å²) >= 11 is 0. The molecule has 1 saturated heterocycles. The fourth-order valence-corrected chi connectivity index (χ4v) is 3.04. The zero-order chi connectivity index (χ0) is 18.0. The smallest absolute Gasteiger partial charge is 0.291 e. The Morgan fingerprint density at radius 3 is 2.92 bits per heavy atom. The summed E-state index contributed by atoms with van der Waals surface area (Å²) in [5, 5.41) is 0. The Bertz CT molecular complexity index is 888. The number of nitrogens with zero attached hydrogens (tertiary/aromatic N) is 3. The van der Waals surface area contributed by atoms with Gasteiger partial charge in [0, 0.05) is 24.7 Å². The van der Waals surface area contributed by atoms with Crippen molar-refractivity contribution in [2.24, 2.45) is 5.73 Å². The molecule has 1 aliphatic rings. The zero-order valence-electron chi connectivity index (χ0n) is 13.6. The lowest BCUT2D eigenvalue weighted by Crippen LogP contribution is -2.45. The molecule has 5 nitrogen and oxygen atoms in total. The van der Waals surface area contributed by atoms with Crippen molar-refractivity contribution in [3.63, 3.8) is 0 Å². The van der Waals surface area contributed by atoms with E-state index in [0.29, 0.717) is 30.2 Å². The highest BCUT2D eigenvalue weighted by molar-refractivity contribution is 5.42. The minimum atomic E-state index is -0.950. The number of halogens is 2. The van der Waals surface area contributed by atoms with Crippen LogP contribution in [0.3, 0.4) is 0 Å². The van der Waals surface area contributed by atoms with Crippen molar-refractivity contribution < 1.29 is 8.78 Å². The summed E-state index contributed by atoms with van der Waals surface area (Å²) in [5.74, 6) is 1.32. The minimum Gasteiger partial charge on any atom is -0.341 e. The number of hydrogen-bond donors (Lipinski definition) is 1. The first-order chi connectivity index (χ1) is 12.0. The number of nitrogens with two attached hydrogens (primary N) is 1. The maximum atomic E-state index is 13.8. The van der Waals surface area contributed by atoms with Crippen LogP contribution >= 0.6 is 0 Å². The van der Waals surface area contributed by atoms with Crippen molar-refractivity contribution in [2.45, 2.75) is 25.4 Å². The first kappa shape index (κ1) is 17.1. The van der Waals surface area contributed by atoms with Crippen LogP contribution in [0.4, 0.5) is 14.7 Å². The predicted octanol–water partition coefficient (Wildman–Crippen LogP) is 1.48. The lowest BCUT2D eigenvalue weighted by atomic mass is 10.1. The molecule has 0 saturated carbocycles. The second-order valence-corrected chi connectivity index (χ2v) is 6.09. The summed E-state index contributed by atoms with van der Waals surface area (Å²) < 4.78 is 28.4. The Morgan fingerprint density at radius 1 is 1.40 bits per heavy atom. The number of aromatic nitrogens is 2. The summed E-state index contributed by atoms with van der Waals surface area (Å²) in [6.07, 6.45) is 8.09. The number of piperidine rings is 1. The van der Waals surface area contributed by atoms with E-state index in [0.717, 1.165) is 19.0 Å². The van der Waals surface area contributed by atoms with Gasteiger partial charge in [0.1, 0.15) is 5.82 Å². The number of terminal acetylenes is 1. The molecule has 0 bridgehead atoms. The molecule has 2 heterocycles. The number of anilines is 1. The fourth-order valence-electron chi connectivity index (χ4n) is 3.04. The molecule has 1 fully saturated rings. The monoisotopic (exact) mass is 344 g/mol. The molecule has 0 spiro atoms. The van der Waals surface area contributed by atoms with Gasteiger partial charge in [0.2, 0.25) is 11.8 Å². The Morgan fingerprint density at radius 2 is 2.20 bits per heavy atom. The van der Waals surface area contributed by atoms with Crippen molar-refractivity contribution in [3.8, 4) is 12.3 Å². The fraction of sp³-hybridized carbons (Fsp3) is 0.333. The van der Waals surface area contributed by atoms with Crippen molar-refractivity contribution >= 4 is 5.95 Å². The van der Waals surface area contributed by atoms with Crippen LogP contribution in [0.5, 0.6) is 0 Å². The molecule has 0 radical (unpaired) electrons. The summed E-state index contributed by atoms with van der Waals surface area (Å²) in [6, 6.07) is 3.93. The molecule has 7 heteroatoms. The third-order valence-electron chi connectivity index (χ3n) is 4.28. The van der Waals surface area contributed by atoms with Gasteiger partial charge >= 0.3 is 0 Å². The van der Waals surface area contributed by atoms with Crippen LogP contribution in [0.1, 0.15) is 24.0 Å². The van der Waals surface area contributed by atoms with Crippen LogP contribution < -0.4 is 16.2 Å². The molecule has 3 rings (SSSR count). The average Bonchev–Trinajstić information content (AvgIpc) is 2.60. The van der Waals surface area contributed by atoms with Crippen molar-refractivity contribution in [1.82, 2.24) is 9.55 Å². The van der Waals surface area contributed by atoms with Crippen molar-refractivity contribution in [2.75, 3.05) is 18.0 Å². The zero-order valence-corrected chi connectivity index (χ0v) is 13.6. The standard InChI is InChI=1S/C18H18F2N4O/c1-2-12-8-14(19)6-5-13(12)10-24-17(25)16(20)9-22-18(24)23-7-3-4-15(21)11-23/h1,5-6,8-9,15H,3-4,7,10-11,21H2/t15-/m1/s1. The Hall–Kier alpha value is -2.72. The van der Waals surface area contributed by atoms with E-state index in [2.05, 4.69) is 10.9 Å². The van der Waals surface area contributed by atoms with Gasteiger partial charge < -0.3 is 10.6 Å². The van der Waals surface area contributed by atoms with E-state index in [4.69, 9.17) is 12.2 Å². The second kappa shape index (κ2) is 7.03. The van der Waals surface area contributed by atoms with Crippen LogP contribution in [0.15, 0.2) is 29.2 Å². The maximum Gasteiger partial charge on any atom is 0.291 e. The highest BCUT2D eigenvalue weighted by atomic mass is 19.1. The minimum absolute atomic E-state index is 0.00444. The lowest BCUT2D eigenvalue weighted by molar-refractivity contribution is 0.484. The van der Waals surface area contributed by atoms with Gasteiger partial charge in [0.05, 0.1) is 12.7 Å². The van der Waals surface area contributed by atoms with Gasteiger partial charge in [0.15, 0.2) is 0 Å². The van der Waals surface area contributed by atoms with Gasteiger partial charge in [-0.3, -0.25) is 9.36 Å². The predicted molar refractivity (Wildman–Crippen MR) is 91.3 cm³/mol. The van der Waals surface area contributed by atoms with Crippen LogP contribution in [0.2, 0.25) is 0 Å². The summed E-state index contributed by atoms with van der Waals surface area (Å²) in [4.78, 5) is 18.3. The number of benzene rings is 1. The normalized spacial score (nSPS) is 17.4. The highest BCUT2D eigenvalue weighted by Gasteiger charge is 2.22. The van der Waals surface area contributed by atoms with Gasteiger partial charge in [-0.15, -0.1) is 6.42 Å². The molecule has 2 N–H and O–H groups in total. The van der Waals surface area contributed by atoms with Crippen LogP contribution in [0, 0.1) is 24.0 Å². The van der Waals surface area contributed by atoms with Crippen molar-refractivity contribution in [3.05, 3.63) is 57.5 Å². The first-order valence-corrected chi connectivity index (χ1v) is 8.00. The summed E-state index contributed by atoms with van der Waals surface area (Å²) in [6.45, 7) is 1.21. The molecular formula is C18H18F2N4O. The molecule has 0 aliphatic carbocycles. The lowest BCUT2D eigenvalue weighted by Gasteiger charge is -2.32. The van der Waals surface area contributed by atoms with Gasteiger partial charge in [-0.05, 0) is 30.5 Å². The van der Waals surface area contributed by atoms with Crippen LogP contribution in [0.25, 0.3) is 0 Å². The number of hydrogen-bond acceptors (Lipinski definition) is 4. The average molecular weight is 344 g/mol. The largest absolute Gasteiger partial charge is 0.341 e. The molecule has 1 aromatic heterocycles. The third kappa shape index (κ3) is 3.54. The Kier molecular flexibility index (Phi) is 4.81. The number of rotatable bonds is 3. The molecular weight excluding hydrogens is 326 g/mol. The van der Waals surface area contributed by atoms with E-state index in [1.165, 1.54) is 22.8 Å². The maximum absolute atomic E-state index is 13.8. The SMILES string of the molecule is C#Cc1cc(F)ccc1Cn1c(N2CCC[C@@H](N)C2)ncc(F)c1=O. The molecule has 1 aromatic carbocycles. The van der Waals surface area contributed by atoms with E-state index in [-0.39, 0.29) is 12.6 Å². The Balaban J connectivity index is 2.05.